The molecule has 0 unspecified atom stereocenters. The molecule has 0 spiro atoms. The Morgan fingerprint density at radius 2 is 1.84 bits per heavy atom. The molecule has 5 heteroatoms. The van der Waals surface area contributed by atoms with Gasteiger partial charge in [0.1, 0.15) is 0 Å². The number of halogens is 2. The number of benzene rings is 1. The summed E-state index contributed by atoms with van der Waals surface area (Å²) < 4.78 is 24.7. The number of nitrogens with one attached hydrogen (secondary N) is 2. The maximum absolute atomic E-state index is 12.4. The van der Waals surface area contributed by atoms with E-state index in [1.54, 1.807) is 19.2 Å². The average molecular weight is 270 g/mol. The second-order valence-corrected chi connectivity index (χ2v) is 5.11. The van der Waals surface area contributed by atoms with Crippen LogP contribution < -0.4 is 10.6 Å². The second-order valence-electron chi connectivity index (χ2n) is 5.11. The predicted octanol–water partition coefficient (Wildman–Crippen LogP) is 2.49. The van der Waals surface area contributed by atoms with E-state index in [0.29, 0.717) is 13.1 Å². The number of amides is 1. The van der Waals surface area contributed by atoms with Crippen LogP contribution in [0.15, 0.2) is 24.3 Å². The molecule has 0 aliphatic heterocycles. The van der Waals surface area contributed by atoms with Crippen molar-refractivity contribution in [3.63, 3.8) is 0 Å². The molecular weight excluding hydrogens is 250 g/mol. The van der Waals surface area contributed by atoms with Gasteiger partial charge in [0.2, 0.25) is 5.91 Å². The van der Waals surface area contributed by atoms with Gasteiger partial charge in [-0.15, -0.1) is 0 Å². The fourth-order valence-electron chi connectivity index (χ4n) is 1.72. The maximum atomic E-state index is 12.4. The summed E-state index contributed by atoms with van der Waals surface area (Å²) in [6.45, 7) is 4.75. The number of hydrogen-bond acceptors (Lipinski definition) is 2. The van der Waals surface area contributed by atoms with E-state index in [1.807, 2.05) is 13.8 Å². The predicted molar refractivity (Wildman–Crippen MR) is 71.0 cm³/mol. The summed E-state index contributed by atoms with van der Waals surface area (Å²) in [7, 11) is 1.60. The van der Waals surface area contributed by atoms with Gasteiger partial charge in [0.25, 0.3) is 6.43 Å². The molecule has 1 aromatic rings. The Morgan fingerprint density at radius 3 is 2.32 bits per heavy atom. The Bertz CT molecular complexity index is 416. The van der Waals surface area contributed by atoms with Gasteiger partial charge in [0, 0.05) is 25.7 Å². The summed E-state index contributed by atoms with van der Waals surface area (Å²) in [6.07, 6.45) is -2.44. The molecule has 0 radical (unpaired) electrons. The zero-order valence-electron chi connectivity index (χ0n) is 11.5. The molecule has 1 amide bonds. The molecule has 0 saturated carbocycles. The Morgan fingerprint density at radius 1 is 1.26 bits per heavy atom. The molecule has 1 rings (SSSR count). The minimum Gasteiger partial charge on any atom is -0.359 e. The van der Waals surface area contributed by atoms with E-state index in [1.165, 1.54) is 12.1 Å². The SMILES string of the molecule is CNC(=O)C(C)(C)CNCc1ccc(C(F)F)cc1. The van der Waals surface area contributed by atoms with Crippen LogP contribution >= 0.6 is 0 Å². The van der Waals surface area contributed by atoms with E-state index in [9.17, 15) is 13.6 Å². The first-order valence-electron chi connectivity index (χ1n) is 6.16. The van der Waals surface area contributed by atoms with Gasteiger partial charge in [-0.05, 0) is 19.4 Å². The van der Waals surface area contributed by atoms with E-state index in [0.717, 1.165) is 5.56 Å². The standard InChI is InChI=1S/C14H20F2N2O/c1-14(2,13(19)17-3)9-18-8-10-4-6-11(7-5-10)12(15)16/h4-7,12,18H,8-9H2,1-3H3,(H,17,19). The van der Waals surface area contributed by atoms with Crippen molar-refractivity contribution in [2.24, 2.45) is 5.41 Å². The normalized spacial score (nSPS) is 11.7. The van der Waals surface area contributed by atoms with E-state index >= 15 is 0 Å². The molecule has 1 aromatic carbocycles. The Hall–Kier alpha value is -1.49. The molecule has 2 N–H and O–H groups in total. The van der Waals surface area contributed by atoms with Crippen molar-refractivity contribution in [2.45, 2.75) is 26.8 Å². The first-order chi connectivity index (χ1) is 8.86. The van der Waals surface area contributed by atoms with Crippen LogP contribution in [-0.4, -0.2) is 19.5 Å². The number of alkyl halides is 2. The fourth-order valence-corrected chi connectivity index (χ4v) is 1.72. The summed E-state index contributed by atoms with van der Waals surface area (Å²) in [5.41, 5.74) is 0.434. The zero-order chi connectivity index (χ0) is 14.5. The van der Waals surface area contributed by atoms with Gasteiger partial charge in [-0.25, -0.2) is 8.78 Å². The van der Waals surface area contributed by atoms with Crippen molar-refractivity contribution < 1.29 is 13.6 Å². The zero-order valence-corrected chi connectivity index (χ0v) is 11.5. The molecule has 0 aliphatic carbocycles. The summed E-state index contributed by atoms with van der Waals surface area (Å²) >= 11 is 0. The highest BCUT2D eigenvalue weighted by molar-refractivity contribution is 5.81. The fraction of sp³-hybridized carbons (Fsp3) is 0.500. The van der Waals surface area contributed by atoms with Crippen molar-refractivity contribution in [1.29, 1.82) is 0 Å². The number of carbonyl (C=O) groups excluding carboxylic acids is 1. The number of hydrogen-bond donors (Lipinski definition) is 2. The molecule has 0 atom stereocenters. The number of rotatable bonds is 6. The van der Waals surface area contributed by atoms with Crippen LogP contribution in [0.25, 0.3) is 0 Å². The van der Waals surface area contributed by atoms with E-state index in [2.05, 4.69) is 10.6 Å². The first-order valence-corrected chi connectivity index (χ1v) is 6.16. The average Bonchev–Trinajstić information content (AvgIpc) is 2.38. The highest BCUT2D eigenvalue weighted by Crippen LogP contribution is 2.19. The van der Waals surface area contributed by atoms with Crippen LogP contribution in [0.1, 0.15) is 31.4 Å². The lowest BCUT2D eigenvalue weighted by molar-refractivity contribution is -0.128. The Kier molecular flexibility index (Phi) is 5.42. The topological polar surface area (TPSA) is 41.1 Å². The Balaban J connectivity index is 2.47. The smallest absolute Gasteiger partial charge is 0.263 e. The largest absolute Gasteiger partial charge is 0.359 e. The summed E-state index contributed by atoms with van der Waals surface area (Å²) in [5.74, 6) is -0.0342. The van der Waals surface area contributed by atoms with E-state index in [-0.39, 0.29) is 11.5 Å². The van der Waals surface area contributed by atoms with Crippen LogP contribution in [0.2, 0.25) is 0 Å². The summed E-state index contributed by atoms with van der Waals surface area (Å²) in [4.78, 5) is 11.6. The van der Waals surface area contributed by atoms with Crippen molar-refractivity contribution in [2.75, 3.05) is 13.6 Å². The molecule has 0 heterocycles. The van der Waals surface area contributed by atoms with Crippen LogP contribution in [-0.2, 0) is 11.3 Å². The van der Waals surface area contributed by atoms with Crippen LogP contribution in [0.5, 0.6) is 0 Å². The van der Waals surface area contributed by atoms with E-state index < -0.39 is 11.8 Å². The Labute approximate surface area is 112 Å². The molecule has 0 bridgehead atoms. The van der Waals surface area contributed by atoms with Gasteiger partial charge in [-0.2, -0.15) is 0 Å². The molecule has 0 aliphatic rings. The lowest BCUT2D eigenvalue weighted by Gasteiger charge is -2.23. The van der Waals surface area contributed by atoms with Crippen molar-refractivity contribution in [3.05, 3.63) is 35.4 Å². The highest BCUT2D eigenvalue weighted by Gasteiger charge is 2.25. The third-order valence-corrected chi connectivity index (χ3v) is 2.97. The van der Waals surface area contributed by atoms with Crippen molar-refractivity contribution in [3.8, 4) is 0 Å². The maximum Gasteiger partial charge on any atom is 0.263 e. The third kappa shape index (κ3) is 4.59. The molecule has 0 fully saturated rings. The minimum atomic E-state index is -2.44. The van der Waals surface area contributed by atoms with Crippen LogP contribution in [0.4, 0.5) is 8.78 Å². The summed E-state index contributed by atoms with van der Waals surface area (Å²) in [5, 5.41) is 5.77. The van der Waals surface area contributed by atoms with Gasteiger partial charge in [0.05, 0.1) is 5.41 Å². The second kappa shape index (κ2) is 6.61. The minimum absolute atomic E-state index is 0.0226. The molecule has 3 nitrogen and oxygen atoms in total. The highest BCUT2D eigenvalue weighted by atomic mass is 19.3. The summed E-state index contributed by atoms with van der Waals surface area (Å²) in [6, 6.07) is 6.18. The lowest BCUT2D eigenvalue weighted by atomic mass is 9.92. The van der Waals surface area contributed by atoms with Crippen molar-refractivity contribution >= 4 is 5.91 Å². The van der Waals surface area contributed by atoms with Gasteiger partial charge >= 0.3 is 0 Å². The molecule has 19 heavy (non-hydrogen) atoms. The van der Waals surface area contributed by atoms with Gasteiger partial charge in [-0.3, -0.25) is 4.79 Å². The first kappa shape index (κ1) is 15.6. The molecule has 0 saturated heterocycles. The van der Waals surface area contributed by atoms with Gasteiger partial charge in [-0.1, -0.05) is 24.3 Å². The van der Waals surface area contributed by atoms with E-state index in [4.69, 9.17) is 0 Å². The van der Waals surface area contributed by atoms with Crippen LogP contribution in [0, 0.1) is 5.41 Å². The lowest BCUT2D eigenvalue weighted by Crippen LogP contribution is -2.41. The monoisotopic (exact) mass is 270 g/mol. The quantitative estimate of drug-likeness (QED) is 0.834. The number of carbonyl (C=O) groups is 1. The van der Waals surface area contributed by atoms with Gasteiger partial charge in [0.15, 0.2) is 0 Å². The van der Waals surface area contributed by atoms with Gasteiger partial charge < -0.3 is 10.6 Å². The molecular formula is C14H20F2N2O. The molecule has 0 aromatic heterocycles. The third-order valence-electron chi connectivity index (χ3n) is 2.97. The molecule has 106 valence electrons. The van der Waals surface area contributed by atoms with Crippen molar-refractivity contribution in [1.82, 2.24) is 10.6 Å². The van der Waals surface area contributed by atoms with Crippen LogP contribution in [0.3, 0.4) is 0 Å².